The van der Waals surface area contributed by atoms with Crippen LogP contribution in [-0.2, 0) is 6.54 Å². The standard InChI is InChI=1S/C16H21N5O/c1-21(2)10-9-19-16(22)15-11-14(5-8-18-15)20-12-13-3-6-17-7-4-13/h3-8,11H,9-10,12H2,1-2H3,(H,18,20)(H,19,22). The van der Waals surface area contributed by atoms with Crippen LogP contribution in [0.2, 0.25) is 0 Å². The summed E-state index contributed by atoms with van der Waals surface area (Å²) < 4.78 is 0. The summed E-state index contributed by atoms with van der Waals surface area (Å²) in [6.45, 7) is 2.07. The fourth-order valence-corrected chi connectivity index (χ4v) is 1.85. The van der Waals surface area contributed by atoms with Crippen molar-refractivity contribution < 1.29 is 4.79 Å². The summed E-state index contributed by atoms with van der Waals surface area (Å²) in [4.78, 5) is 22.1. The van der Waals surface area contributed by atoms with Crippen LogP contribution in [0.15, 0.2) is 42.9 Å². The van der Waals surface area contributed by atoms with E-state index in [1.165, 1.54) is 0 Å². The fourth-order valence-electron chi connectivity index (χ4n) is 1.85. The molecule has 0 spiro atoms. The number of hydrogen-bond donors (Lipinski definition) is 2. The molecule has 1 amide bonds. The van der Waals surface area contributed by atoms with Crippen molar-refractivity contribution in [2.24, 2.45) is 0 Å². The minimum Gasteiger partial charge on any atom is -0.381 e. The molecule has 2 heterocycles. The van der Waals surface area contributed by atoms with Crippen LogP contribution in [0.25, 0.3) is 0 Å². The minimum atomic E-state index is -0.158. The van der Waals surface area contributed by atoms with Crippen molar-refractivity contribution in [3.8, 4) is 0 Å². The second-order valence-corrected chi connectivity index (χ2v) is 5.20. The number of aromatic nitrogens is 2. The average molecular weight is 299 g/mol. The van der Waals surface area contributed by atoms with Gasteiger partial charge < -0.3 is 15.5 Å². The molecule has 0 saturated carbocycles. The zero-order valence-electron chi connectivity index (χ0n) is 12.9. The zero-order chi connectivity index (χ0) is 15.8. The molecular formula is C16H21N5O. The molecule has 2 N–H and O–H groups in total. The predicted molar refractivity (Wildman–Crippen MR) is 86.7 cm³/mol. The molecule has 116 valence electrons. The third-order valence-electron chi connectivity index (χ3n) is 3.08. The third-order valence-corrected chi connectivity index (χ3v) is 3.08. The number of rotatable bonds is 7. The fraction of sp³-hybridized carbons (Fsp3) is 0.312. The molecule has 0 aliphatic heterocycles. The molecular weight excluding hydrogens is 278 g/mol. The lowest BCUT2D eigenvalue weighted by Crippen LogP contribution is -2.31. The van der Waals surface area contributed by atoms with Gasteiger partial charge in [0.2, 0.25) is 0 Å². The van der Waals surface area contributed by atoms with Gasteiger partial charge in [-0.25, -0.2) is 0 Å². The van der Waals surface area contributed by atoms with Crippen molar-refractivity contribution in [3.05, 3.63) is 54.1 Å². The van der Waals surface area contributed by atoms with Crippen LogP contribution in [0.3, 0.4) is 0 Å². The Balaban J connectivity index is 1.90. The van der Waals surface area contributed by atoms with E-state index in [-0.39, 0.29) is 5.91 Å². The second kappa shape index (κ2) is 8.09. The number of hydrogen-bond acceptors (Lipinski definition) is 5. The molecule has 0 fully saturated rings. The quantitative estimate of drug-likeness (QED) is 0.808. The lowest BCUT2D eigenvalue weighted by atomic mass is 10.2. The number of carbonyl (C=O) groups is 1. The van der Waals surface area contributed by atoms with Crippen molar-refractivity contribution in [1.82, 2.24) is 20.2 Å². The highest BCUT2D eigenvalue weighted by Gasteiger charge is 2.07. The summed E-state index contributed by atoms with van der Waals surface area (Å²) >= 11 is 0. The maximum Gasteiger partial charge on any atom is 0.269 e. The molecule has 0 radical (unpaired) electrons. The lowest BCUT2D eigenvalue weighted by molar-refractivity contribution is 0.0946. The van der Waals surface area contributed by atoms with Crippen LogP contribution in [-0.4, -0.2) is 48.0 Å². The topological polar surface area (TPSA) is 70.2 Å². The molecule has 0 atom stereocenters. The third kappa shape index (κ3) is 5.14. The Labute approximate surface area is 130 Å². The first-order chi connectivity index (χ1) is 10.6. The van der Waals surface area contributed by atoms with E-state index in [1.54, 1.807) is 24.7 Å². The van der Waals surface area contributed by atoms with Crippen molar-refractivity contribution in [2.75, 3.05) is 32.5 Å². The van der Waals surface area contributed by atoms with E-state index in [2.05, 4.69) is 20.6 Å². The van der Waals surface area contributed by atoms with Gasteiger partial charge >= 0.3 is 0 Å². The van der Waals surface area contributed by atoms with Gasteiger partial charge in [0.15, 0.2) is 0 Å². The van der Waals surface area contributed by atoms with Gasteiger partial charge in [-0.2, -0.15) is 0 Å². The molecule has 0 saturated heterocycles. The van der Waals surface area contributed by atoms with Crippen molar-refractivity contribution >= 4 is 11.6 Å². The summed E-state index contributed by atoms with van der Waals surface area (Å²) in [5, 5.41) is 6.13. The highest BCUT2D eigenvalue weighted by atomic mass is 16.1. The molecule has 6 nitrogen and oxygen atoms in total. The molecule has 0 aliphatic rings. The van der Waals surface area contributed by atoms with Gasteiger partial charge in [-0.15, -0.1) is 0 Å². The van der Waals surface area contributed by atoms with E-state index >= 15 is 0 Å². The molecule has 0 bridgehead atoms. The summed E-state index contributed by atoms with van der Waals surface area (Å²) in [6, 6.07) is 7.50. The van der Waals surface area contributed by atoms with Gasteiger partial charge in [0.1, 0.15) is 5.69 Å². The molecule has 2 rings (SSSR count). The molecule has 0 aliphatic carbocycles. The Morgan fingerprint density at radius 2 is 1.95 bits per heavy atom. The smallest absolute Gasteiger partial charge is 0.269 e. The number of nitrogens with zero attached hydrogens (tertiary/aromatic N) is 3. The minimum absolute atomic E-state index is 0.158. The first-order valence-electron chi connectivity index (χ1n) is 7.17. The Morgan fingerprint density at radius 1 is 1.18 bits per heavy atom. The van der Waals surface area contributed by atoms with Gasteiger partial charge in [0.25, 0.3) is 5.91 Å². The first kappa shape index (κ1) is 15.9. The molecule has 6 heteroatoms. The summed E-state index contributed by atoms with van der Waals surface area (Å²) in [5.41, 5.74) is 2.41. The van der Waals surface area contributed by atoms with Crippen molar-refractivity contribution in [2.45, 2.75) is 6.54 Å². The number of pyridine rings is 2. The highest BCUT2D eigenvalue weighted by Crippen LogP contribution is 2.10. The van der Waals surface area contributed by atoms with Crippen LogP contribution in [0, 0.1) is 0 Å². The molecule has 2 aromatic heterocycles. The summed E-state index contributed by atoms with van der Waals surface area (Å²) in [5.74, 6) is -0.158. The number of anilines is 1. The maximum atomic E-state index is 12.0. The number of nitrogens with one attached hydrogen (secondary N) is 2. The van der Waals surface area contributed by atoms with E-state index in [4.69, 9.17) is 0 Å². The van der Waals surface area contributed by atoms with Gasteiger partial charge in [-0.3, -0.25) is 14.8 Å². The summed E-state index contributed by atoms with van der Waals surface area (Å²) in [7, 11) is 3.93. The van der Waals surface area contributed by atoms with Crippen molar-refractivity contribution in [1.29, 1.82) is 0 Å². The normalized spacial score (nSPS) is 10.5. The molecule has 22 heavy (non-hydrogen) atoms. The van der Waals surface area contributed by atoms with Crippen molar-refractivity contribution in [3.63, 3.8) is 0 Å². The number of carbonyl (C=O) groups excluding carboxylic acids is 1. The number of amides is 1. The lowest BCUT2D eigenvalue weighted by Gasteiger charge is -2.11. The van der Waals surface area contributed by atoms with E-state index in [0.29, 0.717) is 18.8 Å². The average Bonchev–Trinajstić information content (AvgIpc) is 2.54. The maximum absolute atomic E-state index is 12.0. The van der Waals surface area contributed by atoms with Crippen LogP contribution >= 0.6 is 0 Å². The Kier molecular flexibility index (Phi) is 5.85. The van der Waals surface area contributed by atoms with Crippen LogP contribution in [0.1, 0.15) is 16.1 Å². The van der Waals surface area contributed by atoms with E-state index in [0.717, 1.165) is 17.8 Å². The number of likely N-dealkylation sites (N-methyl/N-ethyl adjacent to an activating group) is 1. The first-order valence-corrected chi connectivity index (χ1v) is 7.17. The van der Waals surface area contributed by atoms with Gasteiger partial charge in [-0.05, 0) is 43.9 Å². The SMILES string of the molecule is CN(C)CCNC(=O)c1cc(NCc2ccncc2)ccn1. The van der Waals surface area contributed by atoms with E-state index in [1.807, 2.05) is 37.2 Å². The largest absolute Gasteiger partial charge is 0.381 e. The molecule has 0 unspecified atom stereocenters. The van der Waals surface area contributed by atoms with Crippen LogP contribution < -0.4 is 10.6 Å². The Bertz CT molecular complexity index is 600. The molecule has 0 aromatic carbocycles. The van der Waals surface area contributed by atoms with Gasteiger partial charge in [0.05, 0.1) is 0 Å². The second-order valence-electron chi connectivity index (χ2n) is 5.20. The summed E-state index contributed by atoms with van der Waals surface area (Å²) in [6.07, 6.45) is 5.15. The predicted octanol–water partition coefficient (Wildman–Crippen LogP) is 1.38. The molecule has 2 aromatic rings. The highest BCUT2D eigenvalue weighted by molar-refractivity contribution is 5.93. The van der Waals surface area contributed by atoms with Crippen LogP contribution in [0.4, 0.5) is 5.69 Å². The zero-order valence-corrected chi connectivity index (χ0v) is 12.9. The van der Waals surface area contributed by atoms with E-state index < -0.39 is 0 Å². The Morgan fingerprint density at radius 3 is 2.68 bits per heavy atom. The van der Waals surface area contributed by atoms with Gasteiger partial charge in [-0.1, -0.05) is 0 Å². The van der Waals surface area contributed by atoms with Crippen LogP contribution in [0.5, 0.6) is 0 Å². The monoisotopic (exact) mass is 299 g/mol. The Hall–Kier alpha value is -2.47. The van der Waals surface area contributed by atoms with Gasteiger partial charge in [0, 0.05) is 43.9 Å². The van der Waals surface area contributed by atoms with E-state index in [9.17, 15) is 4.79 Å².